The molecule has 0 amide bonds. The van der Waals surface area contributed by atoms with Gasteiger partial charge in [0.25, 0.3) is 5.56 Å². The Morgan fingerprint density at radius 2 is 1.92 bits per heavy atom. The summed E-state index contributed by atoms with van der Waals surface area (Å²) in [5.41, 5.74) is 2.05. The quantitative estimate of drug-likeness (QED) is 0.488. The van der Waals surface area contributed by atoms with Crippen LogP contribution >= 0.6 is 24.8 Å². The molecule has 1 saturated heterocycles. The second-order valence-corrected chi connectivity index (χ2v) is 8.51. The van der Waals surface area contributed by atoms with Crippen molar-refractivity contribution in [3.05, 3.63) is 52.7 Å². The Bertz CT molecular complexity index is 1230. The number of benzene rings is 1. The minimum absolute atomic E-state index is 0. The van der Waals surface area contributed by atoms with E-state index in [1.807, 2.05) is 24.3 Å². The first-order valence-corrected chi connectivity index (χ1v) is 11.5. The van der Waals surface area contributed by atoms with Gasteiger partial charge in [-0.05, 0) is 25.1 Å². The number of likely N-dealkylation sites (tertiary alicyclic amines) is 1. The van der Waals surface area contributed by atoms with Crippen LogP contribution in [-0.2, 0) is 13.1 Å². The van der Waals surface area contributed by atoms with Crippen LogP contribution in [0.4, 0.5) is 4.39 Å². The van der Waals surface area contributed by atoms with E-state index in [2.05, 4.69) is 20.2 Å². The molecule has 0 bridgehead atoms. The Morgan fingerprint density at radius 3 is 2.69 bits per heavy atom. The molecule has 1 fully saturated rings. The Balaban J connectivity index is 0.00000180. The Morgan fingerprint density at radius 1 is 1.11 bits per heavy atom. The molecule has 36 heavy (non-hydrogen) atoms. The molecule has 2 unspecified atom stereocenters. The van der Waals surface area contributed by atoms with Gasteiger partial charge in [-0.25, -0.2) is 9.37 Å². The van der Waals surface area contributed by atoms with E-state index in [0.717, 1.165) is 17.8 Å². The van der Waals surface area contributed by atoms with Gasteiger partial charge >= 0.3 is 0 Å². The van der Waals surface area contributed by atoms with E-state index in [1.54, 1.807) is 17.9 Å². The summed E-state index contributed by atoms with van der Waals surface area (Å²) in [5.74, 6) is 1.99. The first-order valence-electron chi connectivity index (χ1n) is 11.5. The second kappa shape index (κ2) is 12.5. The van der Waals surface area contributed by atoms with E-state index in [4.69, 9.17) is 14.2 Å². The predicted molar refractivity (Wildman–Crippen MR) is 139 cm³/mol. The summed E-state index contributed by atoms with van der Waals surface area (Å²) >= 11 is 0. The molecule has 1 N–H and O–H groups in total. The monoisotopic (exact) mass is 541 g/mol. The van der Waals surface area contributed by atoms with Crippen LogP contribution in [0.1, 0.15) is 12.1 Å². The summed E-state index contributed by atoms with van der Waals surface area (Å²) in [6.45, 7) is 3.59. The van der Waals surface area contributed by atoms with Crippen molar-refractivity contribution in [1.29, 1.82) is 0 Å². The van der Waals surface area contributed by atoms with Crippen LogP contribution in [0.2, 0.25) is 0 Å². The van der Waals surface area contributed by atoms with Crippen LogP contribution in [0.25, 0.3) is 11.0 Å². The van der Waals surface area contributed by atoms with Crippen LogP contribution in [0.5, 0.6) is 17.2 Å². The highest BCUT2D eigenvalue weighted by Crippen LogP contribution is 2.29. The number of hydrogen-bond donors (Lipinski definition) is 1. The molecule has 1 aromatic carbocycles. The molecule has 196 valence electrons. The lowest BCUT2D eigenvalue weighted by atomic mass is 10.0. The Kier molecular flexibility index (Phi) is 9.72. The number of piperidine rings is 1. The van der Waals surface area contributed by atoms with Crippen molar-refractivity contribution in [2.45, 2.75) is 31.7 Å². The zero-order valence-electron chi connectivity index (χ0n) is 19.9. The first kappa shape index (κ1) is 27.9. The Labute approximate surface area is 220 Å². The summed E-state index contributed by atoms with van der Waals surface area (Å²) in [5, 5.41) is 3.30. The van der Waals surface area contributed by atoms with Crippen LogP contribution in [0, 0.1) is 0 Å². The number of aromatic nitrogens is 3. The van der Waals surface area contributed by atoms with Gasteiger partial charge in [-0.15, -0.1) is 24.8 Å². The highest BCUT2D eigenvalue weighted by molar-refractivity contribution is 5.85. The van der Waals surface area contributed by atoms with E-state index in [1.165, 1.54) is 6.20 Å². The van der Waals surface area contributed by atoms with Crippen LogP contribution in [-0.4, -0.2) is 71.6 Å². The second-order valence-electron chi connectivity index (χ2n) is 8.51. The molecule has 2 aromatic heterocycles. The van der Waals surface area contributed by atoms with Crippen LogP contribution < -0.4 is 25.1 Å². The highest BCUT2D eigenvalue weighted by atomic mass is 35.5. The van der Waals surface area contributed by atoms with Crippen molar-refractivity contribution in [3.8, 4) is 17.2 Å². The van der Waals surface area contributed by atoms with Gasteiger partial charge in [0.1, 0.15) is 25.1 Å². The van der Waals surface area contributed by atoms with Crippen LogP contribution in [0.3, 0.4) is 0 Å². The van der Waals surface area contributed by atoms with Crippen molar-refractivity contribution in [2.24, 2.45) is 0 Å². The first-order chi connectivity index (χ1) is 16.6. The lowest BCUT2D eigenvalue weighted by molar-refractivity contribution is 0.100. The highest BCUT2D eigenvalue weighted by Gasteiger charge is 2.29. The number of ether oxygens (including phenoxy) is 3. The van der Waals surface area contributed by atoms with E-state index in [9.17, 15) is 9.18 Å². The third kappa shape index (κ3) is 6.18. The summed E-state index contributed by atoms with van der Waals surface area (Å²) in [7, 11) is 1.59. The summed E-state index contributed by atoms with van der Waals surface area (Å²) in [6, 6.07) is 7.05. The zero-order valence-corrected chi connectivity index (χ0v) is 21.5. The molecule has 2 atom stereocenters. The van der Waals surface area contributed by atoms with Crippen molar-refractivity contribution in [1.82, 2.24) is 24.8 Å². The molecule has 0 saturated carbocycles. The maximum Gasteiger partial charge on any atom is 0.269 e. The molecule has 0 spiro atoms. The number of rotatable bonds is 7. The topological polar surface area (TPSA) is 90.7 Å². The number of hydrogen-bond acceptors (Lipinski definition) is 8. The number of nitrogens with one attached hydrogen (secondary N) is 1. The number of alkyl halides is 1. The van der Waals surface area contributed by atoms with Crippen molar-refractivity contribution >= 4 is 35.8 Å². The smallest absolute Gasteiger partial charge is 0.269 e. The normalized spacial score (nSPS) is 19.3. The summed E-state index contributed by atoms with van der Waals surface area (Å²) in [4.78, 5) is 23.1. The number of nitrogens with zero attached hydrogens (tertiary/aromatic N) is 4. The average Bonchev–Trinajstić information content (AvgIpc) is 2.87. The van der Waals surface area contributed by atoms with Gasteiger partial charge in [-0.2, -0.15) is 0 Å². The molecule has 9 nitrogen and oxygen atoms in total. The Hall–Kier alpha value is -2.66. The van der Waals surface area contributed by atoms with Crippen molar-refractivity contribution in [3.63, 3.8) is 0 Å². The van der Waals surface area contributed by atoms with Crippen molar-refractivity contribution < 1.29 is 18.6 Å². The summed E-state index contributed by atoms with van der Waals surface area (Å²) in [6.07, 6.45) is 2.64. The maximum atomic E-state index is 15.0. The van der Waals surface area contributed by atoms with Gasteiger partial charge in [-0.3, -0.25) is 14.7 Å². The molecule has 0 aliphatic carbocycles. The molecular weight excluding hydrogens is 512 g/mol. The third-order valence-corrected chi connectivity index (χ3v) is 6.35. The maximum absolute atomic E-state index is 15.0. The molecular formula is C24H30Cl2FN5O4. The molecule has 5 rings (SSSR count). The van der Waals surface area contributed by atoms with E-state index >= 15 is 0 Å². The predicted octanol–water partition coefficient (Wildman–Crippen LogP) is 2.62. The number of fused-ring (bicyclic) bond motifs is 2. The average molecular weight is 542 g/mol. The van der Waals surface area contributed by atoms with Gasteiger partial charge in [0.2, 0.25) is 0 Å². The lowest BCUT2D eigenvalue weighted by Crippen LogP contribution is -2.51. The minimum atomic E-state index is -1.02. The standard InChI is InChI=1S/C24H28FN5O4.2ClH/c1-32-17-2-3-20-21(11-17)30(24(31)14-28-20)7-6-29-5-4-19(18(25)15-29)27-12-16-10-22-23(13-26-16)34-9-8-33-22;;/h2-3,10-11,13-14,18-19,27H,4-9,12,15H2,1H3;2*1H. The van der Waals surface area contributed by atoms with E-state index in [-0.39, 0.29) is 36.4 Å². The number of halogens is 3. The molecule has 2 aliphatic heterocycles. The molecule has 4 heterocycles. The fraction of sp³-hybridized carbons (Fsp3) is 0.458. The molecule has 3 aromatic rings. The SMILES string of the molecule is COc1ccc2ncc(=O)n(CCN3CCC(NCc4cc5c(cn4)OCCO5)C(F)C3)c2c1.Cl.Cl. The van der Waals surface area contributed by atoms with Gasteiger partial charge < -0.3 is 24.1 Å². The van der Waals surface area contributed by atoms with Gasteiger partial charge in [-0.1, -0.05) is 0 Å². The fourth-order valence-corrected chi connectivity index (χ4v) is 4.46. The van der Waals surface area contributed by atoms with Gasteiger partial charge in [0.05, 0.1) is 36.2 Å². The van der Waals surface area contributed by atoms with E-state index in [0.29, 0.717) is 68.6 Å². The summed E-state index contributed by atoms with van der Waals surface area (Å²) < 4.78 is 33.0. The number of methoxy groups -OCH3 is 1. The number of pyridine rings is 1. The fourth-order valence-electron chi connectivity index (χ4n) is 4.46. The van der Waals surface area contributed by atoms with E-state index < -0.39 is 6.17 Å². The molecule has 2 aliphatic rings. The lowest BCUT2D eigenvalue weighted by Gasteiger charge is -2.35. The minimum Gasteiger partial charge on any atom is -0.497 e. The van der Waals surface area contributed by atoms with Crippen LogP contribution in [0.15, 0.2) is 41.5 Å². The van der Waals surface area contributed by atoms with Crippen molar-refractivity contribution in [2.75, 3.05) is 40.0 Å². The largest absolute Gasteiger partial charge is 0.497 e. The van der Waals surface area contributed by atoms with Gasteiger partial charge in [0.15, 0.2) is 11.5 Å². The molecule has 12 heteroatoms. The zero-order chi connectivity index (χ0) is 23.5. The molecule has 0 radical (unpaired) electrons. The third-order valence-electron chi connectivity index (χ3n) is 6.35. The van der Waals surface area contributed by atoms with Gasteiger partial charge in [0, 0.05) is 44.4 Å².